The Balaban J connectivity index is 1.41. The van der Waals surface area contributed by atoms with Gasteiger partial charge in [-0.3, -0.25) is 9.59 Å². The van der Waals surface area contributed by atoms with Crippen LogP contribution in [0.2, 0.25) is 0 Å². The molecule has 2 amide bonds. The molecular formula is C21H21N3O2S. The SMILES string of the molecule is CC(=O)Nc1ccc(/C=C/C(=O)NCCCc2nc3ccccc3s2)cc1. The van der Waals surface area contributed by atoms with Crippen LogP contribution in [0.1, 0.15) is 23.9 Å². The summed E-state index contributed by atoms with van der Waals surface area (Å²) in [6.45, 7) is 2.08. The van der Waals surface area contributed by atoms with Crippen LogP contribution in [0, 0.1) is 0 Å². The minimum Gasteiger partial charge on any atom is -0.353 e. The molecule has 0 atom stereocenters. The topological polar surface area (TPSA) is 71.1 Å². The molecule has 3 rings (SSSR count). The molecule has 0 aliphatic rings. The quantitative estimate of drug-likeness (QED) is 0.481. The van der Waals surface area contributed by atoms with Crippen molar-refractivity contribution in [2.24, 2.45) is 0 Å². The minimum atomic E-state index is -0.120. The summed E-state index contributed by atoms with van der Waals surface area (Å²) in [6, 6.07) is 15.4. The van der Waals surface area contributed by atoms with Crippen molar-refractivity contribution in [1.29, 1.82) is 0 Å². The van der Waals surface area contributed by atoms with E-state index in [0.717, 1.165) is 34.6 Å². The number of amides is 2. The van der Waals surface area contributed by atoms with Gasteiger partial charge in [-0.1, -0.05) is 24.3 Å². The molecule has 5 nitrogen and oxygen atoms in total. The first-order chi connectivity index (χ1) is 13.1. The average molecular weight is 379 g/mol. The number of aryl methyl sites for hydroxylation is 1. The summed E-state index contributed by atoms with van der Waals surface area (Å²) in [5.74, 6) is -0.228. The van der Waals surface area contributed by atoms with Gasteiger partial charge in [-0.05, 0) is 42.3 Å². The van der Waals surface area contributed by atoms with Crippen molar-refractivity contribution in [3.05, 3.63) is 65.2 Å². The number of rotatable bonds is 7. The number of benzene rings is 2. The third kappa shape index (κ3) is 5.76. The van der Waals surface area contributed by atoms with Crippen LogP contribution in [0.4, 0.5) is 5.69 Å². The molecule has 0 aliphatic carbocycles. The van der Waals surface area contributed by atoms with E-state index in [1.54, 1.807) is 29.5 Å². The van der Waals surface area contributed by atoms with Crippen LogP contribution in [0.3, 0.4) is 0 Å². The Bertz CT molecular complexity index is 928. The zero-order valence-electron chi connectivity index (χ0n) is 15.1. The van der Waals surface area contributed by atoms with Crippen molar-refractivity contribution >= 4 is 45.1 Å². The van der Waals surface area contributed by atoms with Crippen LogP contribution in [-0.4, -0.2) is 23.3 Å². The van der Waals surface area contributed by atoms with Crippen LogP contribution in [0.15, 0.2) is 54.6 Å². The van der Waals surface area contributed by atoms with E-state index >= 15 is 0 Å². The lowest BCUT2D eigenvalue weighted by atomic mass is 10.2. The van der Waals surface area contributed by atoms with E-state index in [1.807, 2.05) is 30.3 Å². The van der Waals surface area contributed by atoms with E-state index in [-0.39, 0.29) is 11.8 Å². The van der Waals surface area contributed by atoms with Crippen molar-refractivity contribution in [3.8, 4) is 0 Å². The van der Waals surface area contributed by atoms with Gasteiger partial charge in [0.15, 0.2) is 0 Å². The molecule has 0 spiro atoms. The van der Waals surface area contributed by atoms with Gasteiger partial charge in [0.05, 0.1) is 15.2 Å². The van der Waals surface area contributed by atoms with Crippen molar-refractivity contribution in [1.82, 2.24) is 10.3 Å². The van der Waals surface area contributed by atoms with Crippen LogP contribution in [0.25, 0.3) is 16.3 Å². The molecule has 0 bridgehead atoms. The molecular weight excluding hydrogens is 358 g/mol. The lowest BCUT2D eigenvalue weighted by Crippen LogP contribution is -2.22. The highest BCUT2D eigenvalue weighted by molar-refractivity contribution is 7.18. The summed E-state index contributed by atoms with van der Waals surface area (Å²) in [5.41, 5.74) is 2.67. The van der Waals surface area contributed by atoms with E-state index in [4.69, 9.17) is 0 Å². The van der Waals surface area contributed by atoms with Crippen molar-refractivity contribution in [2.75, 3.05) is 11.9 Å². The van der Waals surface area contributed by atoms with Gasteiger partial charge in [0.1, 0.15) is 0 Å². The first-order valence-electron chi connectivity index (χ1n) is 8.78. The Morgan fingerprint density at radius 3 is 2.63 bits per heavy atom. The Labute approximate surface area is 162 Å². The standard InChI is InChI=1S/C21H21N3O2S/c1-15(25)23-17-11-8-16(9-12-17)10-13-20(26)22-14-4-7-21-24-18-5-2-3-6-19(18)27-21/h2-3,5-6,8-13H,4,7,14H2,1H3,(H,22,26)(H,23,25)/b13-10+. The first kappa shape index (κ1) is 18.8. The Hall–Kier alpha value is -2.99. The number of hydrogen-bond acceptors (Lipinski definition) is 4. The highest BCUT2D eigenvalue weighted by Gasteiger charge is 2.03. The van der Waals surface area contributed by atoms with Crippen LogP contribution in [0.5, 0.6) is 0 Å². The number of fused-ring (bicyclic) bond motifs is 1. The molecule has 3 aromatic rings. The largest absolute Gasteiger partial charge is 0.353 e. The third-order valence-electron chi connectivity index (χ3n) is 3.86. The third-order valence-corrected chi connectivity index (χ3v) is 4.96. The molecule has 1 aromatic heterocycles. The first-order valence-corrected chi connectivity index (χ1v) is 9.60. The number of hydrogen-bond donors (Lipinski definition) is 2. The molecule has 2 aromatic carbocycles. The second kappa shape index (κ2) is 9.09. The second-order valence-corrected chi connectivity index (χ2v) is 7.22. The maximum absolute atomic E-state index is 11.9. The molecule has 0 aliphatic heterocycles. The number of carbonyl (C=O) groups excluding carboxylic acids is 2. The monoisotopic (exact) mass is 379 g/mol. The van der Waals surface area contributed by atoms with Gasteiger partial charge >= 0.3 is 0 Å². The molecule has 0 fully saturated rings. The van der Waals surface area contributed by atoms with Crippen molar-refractivity contribution in [2.45, 2.75) is 19.8 Å². The van der Waals surface area contributed by atoms with Crippen LogP contribution < -0.4 is 10.6 Å². The molecule has 0 radical (unpaired) electrons. The van der Waals surface area contributed by atoms with E-state index in [2.05, 4.69) is 21.7 Å². The summed E-state index contributed by atoms with van der Waals surface area (Å²) < 4.78 is 1.20. The fourth-order valence-corrected chi connectivity index (χ4v) is 3.60. The fraction of sp³-hybridized carbons (Fsp3) is 0.190. The van der Waals surface area contributed by atoms with E-state index in [1.165, 1.54) is 17.7 Å². The zero-order valence-corrected chi connectivity index (χ0v) is 15.9. The highest BCUT2D eigenvalue weighted by Crippen LogP contribution is 2.22. The predicted octanol–water partition coefficient (Wildman–Crippen LogP) is 4.02. The van der Waals surface area contributed by atoms with E-state index in [0.29, 0.717) is 6.54 Å². The number of aromatic nitrogens is 1. The maximum atomic E-state index is 11.9. The zero-order chi connectivity index (χ0) is 19.1. The molecule has 138 valence electrons. The summed E-state index contributed by atoms with van der Waals surface area (Å²) in [6.07, 6.45) is 4.98. The maximum Gasteiger partial charge on any atom is 0.243 e. The predicted molar refractivity (Wildman–Crippen MR) is 111 cm³/mol. The molecule has 27 heavy (non-hydrogen) atoms. The normalized spacial score (nSPS) is 11.0. The van der Waals surface area contributed by atoms with Gasteiger partial charge in [0.25, 0.3) is 0 Å². The molecule has 2 N–H and O–H groups in total. The smallest absolute Gasteiger partial charge is 0.243 e. The van der Waals surface area contributed by atoms with Gasteiger partial charge in [-0.15, -0.1) is 11.3 Å². The van der Waals surface area contributed by atoms with Gasteiger partial charge in [0.2, 0.25) is 11.8 Å². The minimum absolute atomic E-state index is 0.108. The second-order valence-electron chi connectivity index (χ2n) is 6.11. The number of para-hydroxylation sites is 1. The average Bonchev–Trinajstić information content (AvgIpc) is 3.07. The summed E-state index contributed by atoms with van der Waals surface area (Å²) in [4.78, 5) is 27.5. The van der Waals surface area contributed by atoms with Gasteiger partial charge in [0, 0.05) is 31.7 Å². The Morgan fingerprint density at radius 1 is 1.11 bits per heavy atom. The molecule has 6 heteroatoms. The number of nitrogens with zero attached hydrogens (tertiary/aromatic N) is 1. The molecule has 0 saturated carbocycles. The van der Waals surface area contributed by atoms with E-state index < -0.39 is 0 Å². The van der Waals surface area contributed by atoms with Gasteiger partial charge < -0.3 is 10.6 Å². The van der Waals surface area contributed by atoms with E-state index in [9.17, 15) is 9.59 Å². The number of carbonyl (C=O) groups is 2. The summed E-state index contributed by atoms with van der Waals surface area (Å²) in [5, 5.41) is 6.69. The van der Waals surface area contributed by atoms with Gasteiger partial charge in [-0.25, -0.2) is 4.98 Å². The Kier molecular flexibility index (Phi) is 6.33. The highest BCUT2D eigenvalue weighted by atomic mass is 32.1. The summed E-state index contributed by atoms with van der Waals surface area (Å²) >= 11 is 1.70. The molecule has 0 saturated heterocycles. The lowest BCUT2D eigenvalue weighted by molar-refractivity contribution is -0.116. The number of nitrogens with one attached hydrogen (secondary N) is 2. The molecule has 1 heterocycles. The van der Waals surface area contributed by atoms with Gasteiger partial charge in [-0.2, -0.15) is 0 Å². The van der Waals surface area contributed by atoms with Crippen molar-refractivity contribution < 1.29 is 9.59 Å². The fourth-order valence-electron chi connectivity index (χ4n) is 2.59. The van der Waals surface area contributed by atoms with Crippen molar-refractivity contribution in [3.63, 3.8) is 0 Å². The summed E-state index contributed by atoms with van der Waals surface area (Å²) in [7, 11) is 0. The Morgan fingerprint density at radius 2 is 1.89 bits per heavy atom. The number of anilines is 1. The van der Waals surface area contributed by atoms with Crippen LogP contribution in [-0.2, 0) is 16.0 Å². The molecule has 0 unspecified atom stereocenters. The lowest BCUT2D eigenvalue weighted by Gasteiger charge is -2.02. The number of thiazole rings is 1. The van der Waals surface area contributed by atoms with Crippen LogP contribution >= 0.6 is 11.3 Å².